The van der Waals surface area contributed by atoms with E-state index in [4.69, 9.17) is 21.1 Å². The number of rotatable bonds is 4. The third kappa shape index (κ3) is 2.97. The molecular formula is C13H10ClNO4S. The maximum absolute atomic E-state index is 12.4. The summed E-state index contributed by atoms with van der Waals surface area (Å²) in [5.74, 6) is -1.56. The van der Waals surface area contributed by atoms with Crippen molar-refractivity contribution in [2.24, 2.45) is 0 Å². The van der Waals surface area contributed by atoms with Gasteiger partial charge in [-0.3, -0.25) is 14.5 Å². The third-order valence-electron chi connectivity index (χ3n) is 2.53. The van der Waals surface area contributed by atoms with Crippen LogP contribution >= 0.6 is 24.2 Å². The van der Waals surface area contributed by atoms with Crippen LogP contribution in [0.2, 0.25) is 5.02 Å². The van der Waals surface area contributed by atoms with E-state index in [1.807, 2.05) is 0 Å². The SMILES string of the molecule is O=C(O)CN(C(=O)c1cccc(Cl)c1S)c1ccco1. The average Bonchev–Trinajstić information content (AvgIpc) is 2.92. The van der Waals surface area contributed by atoms with Crippen molar-refractivity contribution < 1.29 is 19.1 Å². The Morgan fingerprint density at radius 3 is 2.65 bits per heavy atom. The van der Waals surface area contributed by atoms with Gasteiger partial charge in [-0.15, -0.1) is 12.6 Å². The van der Waals surface area contributed by atoms with Crippen LogP contribution in [0.15, 0.2) is 45.9 Å². The molecule has 0 radical (unpaired) electrons. The molecule has 0 bridgehead atoms. The quantitative estimate of drug-likeness (QED) is 0.852. The molecule has 0 saturated carbocycles. The Bertz CT molecular complexity index is 642. The van der Waals surface area contributed by atoms with Gasteiger partial charge in [0, 0.05) is 11.0 Å². The molecule has 5 nitrogen and oxygen atoms in total. The van der Waals surface area contributed by atoms with E-state index in [1.54, 1.807) is 18.2 Å². The van der Waals surface area contributed by atoms with Crippen LogP contribution in [0.3, 0.4) is 0 Å². The molecule has 1 amide bonds. The van der Waals surface area contributed by atoms with E-state index in [9.17, 15) is 9.59 Å². The molecule has 104 valence electrons. The van der Waals surface area contributed by atoms with Gasteiger partial charge < -0.3 is 9.52 Å². The fraction of sp³-hybridized carbons (Fsp3) is 0.0769. The van der Waals surface area contributed by atoms with E-state index in [-0.39, 0.29) is 11.4 Å². The maximum Gasteiger partial charge on any atom is 0.323 e. The minimum atomic E-state index is -1.16. The highest BCUT2D eigenvalue weighted by Crippen LogP contribution is 2.26. The molecule has 2 rings (SSSR count). The summed E-state index contributed by atoms with van der Waals surface area (Å²) in [6, 6.07) is 7.78. The summed E-state index contributed by atoms with van der Waals surface area (Å²) in [6.07, 6.45) is 1.36. The first kappa shape index (κ1) is 14.5. The molecule has 0 unspecified atom stereocenters. The van der Waals surface area contributed by atoms with Gasteiger partial charge >= 0.3 is 5.97 Å². The summed E-state index contributed by atoms with van der Waals surface area (Å²) in [5.41, 5.74) is 0.207. The van der Waals surface area contributed by atoms with Crippen LogP contribution in [0, 0.1) is 0 Å². The first-order chi connectivity index (χ1) is 9.50. The molecule has 0 spiro atoms. The van der Waals surface area contributed by atoms with Crippen LogP contribution in [-0.4, -0.2) is 23.5 Å². The highest BCUT2D eigenvalue weighted by atomic mass is 35.5. The number of thiol groups is 1. The molecule has 0 atom stereocenters. The minimum Gasteiger partial charge on any atom is -0.480 e. The number of furan rings is 1. The highest BCUT2D eigenvalue weighted by molar-refractivity contribution is 7.80. The van der Waals surface area contributed by atoms with Gasteiger partial charge in [0.15, 0.2) is 0 Å². The number of amides is 1. The largest absolute Gasteiger partial charge is 0.480 e. The monoisotopic (exact) mass is 311 g/mol. The Morgan fingerprint density at radius 1 is 1.30 bits per heavy atom. The molecule has 0 aliphatic heterocycles. The van der Waals surface area contributed by atoms with Crippen LogP contribution in [0.5, 0.6) is 0 Å². The highest BCUT2D eigenvalue weighted by Gasteiger charge is 2.24. The number of nitrogens with zero attached hydrogens (tertiary/aromatic N) is 1. The van der Waals surface area contributed by atoms with Gasteiger partial charge in [-0.1, -0.05) is 17.7 Å². The summed E-state index contributed by atoms with van der Waals surface area (Å²) < 4.78 is 5.09. The summed E-state index contributed by atoms with van der Waals surface area (Å²) in [5, 5.41) is 9.24. The van der Waals surface area contributed by atoms with Crippen LogP contribution in [-0.2, 0) is 4.79 Å². The maximum atomic E-state index is 12.4. The molecule has 2 aromatic rings. The number of carboxylic acids is 1. The van der Waals surface area contributed by atoms with Gasteiger partial charge in [-0.05, 0) is 18.2 Å². The third-order valence-corrected chi connectivity index (χ3v) is 3.46. The summed E-state index contributed by atoms with van der Waals surface area (Å²) in [6.45, 7) is -0.522. The lowest BCUT2D eigenvalue weighted by Crippen LogP contribution is -2.35. The zero-order valence-electron chi connectivity index (χ0n) is 10.1. The molecule has 0 aliphatic carbocycles. The molecular weight excluding hydrogens is 302 g/mol. The summed E-state index contributed by atoms with van der Waals surface area (Å²) in [7, 11) is 0. The van der Waals surface area contributed by atoms with E-state index in [0.717, 1.165) is 4.90 Å². The van der Waals surface area contributed by atoms with Crippen molar-refractivity contribution in [3.8, 4) is 0 Å². The molecule has 7 heteroatoms. The number of carboxylic acid groups (broad SMARTS) is 1. The van der Waals surface area contributed by atoms with Crippen molar-refractivity contribution in [1.29, 1.82) is 0 Å². The summed E-state index contributed by atoms with van der Waals surface area (Å²) >= 11 is 10.1. The van der Waals surface area contributed by atoms with Gasteiger partial charge in [0.1, 0.15) is 6.54 Å². The molecule has 20 heavy (non-hydrogen) atoms. The predicted octanol–water partition coefficient (Wildman–Crippen LogP) is 2.95. The van der Waals surface area contributed by atoms with Crippen LogP contribution in [0.25, 0.3) is 0 Å². The molecule has 0 saturated heterocycles. The van der Waals surface area contributed by atoms with Crippen LogP contribution < -0.4 is 4.90 Å². The van der Waals surface area contributed by atoms with E-state index < -0.39 is 18.4 Å². The first-order valence-electron chi connectivity index (χ1n) is 5.55. The summed E-state index contributed by atoms with van der Waals surface area (Å²) in [4.78, 5) is 24.7. The average molecular weight is 312 g/mol. The minimum absolute atomic E-state index is 0.144. The number of carbonyl (C=O) groups excluding carboxylic acids is 1. The lowest BCUT2D eigenvalue weighted by molar-refractivity contribution is -0.135. The van der Waals surface area contributed by atoms with Gasteiger partial charge in [0.25, 0.3) is 5.91 Å². The number of hydrogen-bond donors (Lipinski definition) is 2. The second kappa shape index (κ2) is 6.02. The second-order valence-electron chi connectivity index (χ2n) is 3.87. The lowest BCUT2D eigenvalue weighted by atomic mass is 10.2. The fourth-order valence-electron chi connectivity index (χ4n) is 1.64. The molecule has 1 aromatic heterocycles. The number of carbonyl (C=O) groups is 2. The Labute approximate surface area is 125 Å². The smallest absolute Gasteiger partial charge is 0.323 e. The first-order valence-corrected chi connectivity index (χ1v) is 6.38. The fourth-order valence-corrected chi connectivity index (χ4v) is 2.06. The Kier molecular flexibility index (Phi) is 4.36. The standard InChI is InChI=1S/C13H10ClNO4S/c14-9-4-1-3-8(12(9)20)13(18)15(7-11(16)17)10-5-2-6-19-10/h1-6,20H,7H2,(H,16,17). The van der Waals surface area contributed by atoms with Crippen molar-refractivity contribution in [2.75, 3.05) is 11.4 Å². The Morgan fingerprint density at radius 2 is 2.05 bits per heavy atom. The molecule has 0 aliphatic rings. The van der Waals surface area contributed by atoms with E-state index in [0.29, 0.717) is 9.92 Å². The van der Waals surface area contributed by atoms with E-state index in [1.165, 1.54) is 18.4 Å². The zero-order chi connectivity index (χ0) is 14.7. The van der Waals surface area contributed by atoms with Gasteiger partial charge in [0.2, 0.25) is 5.88 Å². The number of anilines is 1. The van der Waals surface area contributed by atoms with Gasteiger partial charge in [0.05, 0.1) is 16.8 Å². The number of hydrogen-bond acceptors (Lipinski definition) is 4. The normalized spacial score (nSPS) is 10.3. The van der Waals surface area contributed by atoms with Crippen molar-refractivity contribution in [2.45, 2.75) is 4.90 Å². The second-order valence-corrected chi connectivity index (χ2v) is 4.73. The molecule has 1 aromatic carbocycles. The number of halogens is 1. The predicted molar refractivity (Wildman–Crippen MR) is 76.7 cm³/mol. The van der Waals surface area contributed by atoms with Crippen molar-refractivity contribution in [3.05, 3.63) is 47.2 Å². The lowest BCUT2D eigenvalue weighted by Gasteiger charge is -2.18. The van der Waals surface area contributed by atoms with E-state index in [2.05, 4.69) is 12.6 Å². The number of benzene rings is 1. The Hall–Kier alpha value is -1.92. The van der Waals surface area contributed by atoms with Crippen LogP contribution in [0.1, 0.15) is 10.4 Å². The van der Waals surface area contributed by atoms with E-state index >= 15 is 0 Å². The van der Waals surface area contributed by atoms with Crippen molar-refractivity contribution >= 4 is 42.0 Å². The molecule has 1 heterocycles. The van der Waals surface area contributed by atoms with Gasteiger partial charge in [-0.2, -0.15) is 0 Å². The zero-order valence-corrected chi connectivity index (χ0v) is 11.8. The Balaban J connectivity index is 2.41. The molecule has 1 N–H and O–H groups in total. The van der Waals surface area contributed by atoms with Crippen LogP contribution in [0.4, 0.5) is 5.88 Å². The van der Waals surface area contributed by atoms with Crippen molar-refractivity contribution in [1.82, 2.24) is 0 Å². The number of aliphatic carboxylic acids is 1. The van der Waals surface area contributed by atoms with Crippen molar-refractivity contribution in [3.63, 3.8) is 0 Å². The topological polar surface area (TPSA) is 70.8 Å². The molecule has 0 fully saturated rings. The van der Waals surface area contributed by atoms with Gasteiger partial charge in [-0.25, -0.2) is 0 Å².